The molecular formula is C25H20N2O2. The number of rotatable bonds is 3. The van der Waals surface area contributed by atoms with Crippen molar-refractivity contribution in [2.24, 2.45) is 0 Å². The molecule has 0 bridgehead atoms. The number of ketones is 1. The Morgan fingerprint density at radius 1 is 0.793 bits per heavy atom. The summed E-state index contributed by atoms with van der Waals surface area (Å²) >= 11 is 0. The summed E-state index contributed by atoms with van der Waals surface area (Å²) in [6.45, 7) is 0.543. The van der Waals surface area contributed by atoms with Gasteiger partial charge < -0.3 is 4.90 Å². The molecule has 29 heavy (non-hydrogen) atoms. The lowest BCUT2D eigenvalue weighted by Crippen LogP contribution is -2.41. The van der Waals surface area contributed by atoms with Crippen molar-refractivity contribution in [2.75, 3.05) is 13.1 Å². The molecule has 4 rings (SSSR count). The highest BCUT2D eigenvalue weighted by molar-refractivity contribution is 6.15. The number of aromatic nitrogens is 1. The van der Waals surface area contributed by atoms with Gasteiger partial charge in [0, 0.05) is 23.5 Å². The van der Waals surface area contributed by atoms with E-state index in [1.165, 1.54) is 0 Å². The maximum Gasteiger partial charge on any atom is 0.256 e. The van der Waals surface area contributed by atoms with E-state index in [0.717, 1.165) is 11.1 Å². The molecule has 1 aliphatic rings. The van der Waals surface area contributed by atoms with Gasteiger partial charge in [0.05, 0.1) is 18.7 Å². The fourth-order valence-corrected chi connectivity index (χ4v) is 3.36. The summed E-state index contributed by atoms with van der Waals surface area (Å²) in [5.41, 5.74) is 3.58. The van der Waals surface area contributed by atoms with E-state index in [0.29, 0.717) is 16.7 Å². The summed E-state index contributed by atoms with van der Waals surface area (Å²) < 4.78 is 0. The molecule has 1 aromatic heterocycles. The normalized spacial score (nSPS) is 17.0. The predicted octanol–water partition coefficient (Wildman–Crippen LogP) is 4.27. The first kappa shape index (κ1) is 18.6. The third kappa shape index (κ3) is 4.38. The number of benzene rings is 2. The first-order valence-corrected chi connectivity index (χ1v) is 9.46. The second-order valence-corrected chi connectivity index (χ2v) is 6.89. The second-order valence-electron chi connectivity index (χ2n) is 6.89. The van der Waals surface area contributed by atoms with Gasteiger partial charge in [0.25, 0.3) is 5.91 Å². The lowest BCUT2D eigenvalue weighted by atomic mass is 9.94. The van der Waals surface area contributed by atoms with Crippen molar-refractivity contribution in [1.29, 1.82) is 0 Å². The van der Waals surface area contributed by atoms with Crippen LogP contribution in [0.25, 0.3) is 12.2 Å². The van der Waals surface area contributed by atoms with Gasteiger partial charge in [0.15, 0.2) is 5.78 Å². The van der Waals surface area contributed by atoms with E-state index in [9.17, 15) is 9.59 Å². The Kier molecular flexibility index (Phi) is 5.43. The van der Waals surface area contributed by atoms with Crippen LogP contribution in [0.5, 0.6) is 0 Å². The molecule has 0 unspecified atom stereocenters. The Bertz CT molecular complexity index is 1010. The van der Waals surface area contributed by atoms with E-state index in [4.69, 9.17) is 0 Å². The zero-order chi connectivity index (χ0) is 20.1. The van der Waals surface area contributed by atoms with Gasteiger partial charge >= 0.3 is 0 Å². The number of likely N-dealkylation sites (tertiary alicyclic amines) is 1. The number of Topliss-reactive ketones (excluding diaryl/α,β-unsaturated/α-hetero) is 1. The van der Waals surface area contributed by atoms with Crippen molar-refractivity contribution >= 4 is 23.8 Å². The van der Waals surface area contributed by atoms with E-state index in [1.807, 2.05) is 72.8 Å². The molecule has 0 radical (unpaired) electrons. The molecule has 3 aromatic rings. The molecule has 0 atom stereocenters. The number of carbonyl (C=O) groups is 2. The molecule has 142 valence electrons. The Hall–Kier alpha value is -3.79. The minimum Gasteiger partial charge on any atom is -0.330 e. The van der Waals surface area contributed by atoms with Crippen molar-refractivity contribution in [3.8, 4) is 0 Å². The summed E-state index contributed by atoms with van der Waals surface area (Å²) in [6.07, 6.45) is 6.92. The molecule has 4 heteroatoms. The molecule has 1 aliphatic heterocycles. The van der Waals surface area contributed by atoms with Gasteiger partial charge in [-0.05, 0) is 35.4 Å². The average molecular weight is 380 g/mol. The standard InChI is InChI=1S/C25H20N2O2/c28-24-22(14-19-8-3-1-4-9-19)17-27(25(29)21-12-7-13-26-16-21)18-23(24)15-20-10-5-2-6-11-20/h1-16H,17-18H2/b22-14+,23-15+. The third-order valence-electron chi connectivity index (χ3n) is 4.78. The molecule has 0 saturated carbocycles. The van der Waals surface area contributed by atoms with Crippen LogP contribution in [0, 0.1) is 0 Å². The number of carbonyl (C=O) groups excluding carboxylic acids is 2. The van der Waals surface area contributed by atoms with Gasteiger partial charge in [-0.3, -0.25) is 14.6 Å². The number of piperidine rings is 1. The molecule has 1 amide bonds. The Labute approximate surface area is 169 Å². The molecule has 2 heterocycles. The highest BCUT2D eigenvalue weighted by Gasteiger charge is 2.29. The molecule has 0 aliphatic carbocycles. The molecule has 0 N–H and O–H groups in total. The van der Waals surface area contributed by atoms with Gasteiger partial charge in [0.1, 0.15) is 0 Å². The van der Waals surface area contributed by atoms with E-state index >= 15 is 0 Å². The van der Waals surface area contributed by atoms with Crippen molar-refractivity contribution in [3.63, 3.8) is 0 Å². The van der Waals surface area contributed by atoms with Gasteiger partial charge in [-0.25, -0.2) is 0 Å². The summed E-state index contributed by atoms with van der Waals surface area (Å²) in [6, 6.07) is 22.9. The first-order chi connectivity index (χ1) is 14.2. The third-order valence-corrected chi connectivity index (χ3v) is 4.78. The Morgan fingerprint density at radius 3 is 1.83 bits per heavy atom. The number of hydrogen-bond acceptors (Lipinski definition) is 3. The maximum absolute atomic E-state index is 13.2. The minimum atomic E-state index is -0.136. The van der Waals surface area contributed by atoms with Crippen LogP contribution in [0.1, 0.15) is 21.5 Å². The lowest BCUT2D eigenvalue weighted by molar-refractivity contribution is -0.113. The molecular weight excluding hydrogens is 360 g/mol. The van der Waals surface area contributed by atoms with Crippen molar-refractivity contribution in [3.05, 3.63) is 113 Å². The highest BCUT2D eigenvalue weighted by atomic mass is 16.2. The van der Waals surface area contributed by atoms with Crippen LogP contribution in [0.3, 0.4) is 0 Å². The molecule has 2 aromatic carbocycles. The zero-order valence-corrected chi connectivity index (χ0v) is 15.9. The summed E-state index contributed by atoms with van der Waals surface area (Å²) in [4.78, 5) is 31.9. The van der Waals surface area contributed by atoms with Crippen LogP contribution in [0.15, 0.2) is 96.3 Å². The fourth-order valence-electron chi connectivity index (χ4n) is 3.36. The number of amides is 1. The van der Waals surface area contributed by atoms with Gasteiger partial charge in [-0.15, -0.1) is 0 Å². The predicted molar refractivity (Wildman–Crippen MR) is 114 cm³/mol. The molecule has 1 fully saturated rings. The Morgan fingerprint density at radius 2 is 1.34 bits per heavy atom. The van der Waals surface area contributed by atoms with E-state index in [-0.39, 0.29) is 24.8 Å². The monoisotopic (exact) mass is 380 g/mol. The van der Waals surface area contributed by atoms with Crippen molar-refractivity contribution in [2.45, 2.75) is 0 Å². The number of pyridine rings is 1. The van der Waals surface area contributed by atoms with Crippen LogP contribution in [0.4, 0.5) is 0 Å². The van der Waals surface area contributed by atoms with E-state index < -0.39 is 0 Å². The van der Waals surface area contributed by atoms with Gasteiger partial charge in [0.2, 0.25) is 0 Å². The topological polar surface area (TPSA) is 50.3 Å². The first-order valence-electron chi connectivity index (χ1n) is 9.46. The summed E-state index contributed by atoms with van der Waals surface area (Å²) in [5, 5.41) is 0. The van der Waals surface area contributed by atoms with E-state index in [1.54, 1.807) is 29.4 Å². The van der Waals surface area contributed by atoms with Crippen LogP contribution in [-0.2, 0) is 4.79 Å². The molecule has 0 spiro atoms. The van der Waals surface area contributed by atoms with Gasteiger partial charge in [-0.1, -0.05) is 60.7 Å². The SMILES string of the molecule is O=C1/C(=C/c2ccccc2)CN(C(=O)c2cccnc2)C/C1=C\c1ccccc1. The van der Waals surface area contributed by atoms with Crippen LogP contribution in [0.2, 0.25) is 0 Å². The maximum atomic E-state index is 13.2. The molecule has 4 nitrogen and oxygen atoms in total. The zero-order valence-electron chi connectivity index (χ0n) is 15.9. The van der Waals surface area contributed by atoms with Crippen LogP contribution in [-0.4, -0.2) is 34.7 Å². The number of hydrogen-bond donors (Lipinski definition) is 0. The highest BCUT2D eigenvalue weighted by Crippen LogP contribution is 2.23. The van der Waals surface area contributed by atoms with E-state index in [2.05, 4.69) is 4.98 Å². The lowest BCUT2D eigenvalue weighted by Gasteiger charge is -2.30. The molecule has 1 saturated heterocycles. The fraction of sp³-hybridized carbons (Fsp3) is 0.0800. The van der Waals surface area contributed by atoms with Crippen LogP contribution < -0.4 is 0 Å². The average Bonchev–Trinajstić information content (AvgIpc) is 2.78. The second kappa shape index (κ2) is 8.48. The number of nitrogens with zero attached hydrogens (tertiary/aromatic N) is 2. The van der Waals surface area contributed by atoms with Crippen molar-refractivity contribution in [1.82, 2.24) is 9.88 Å². The Balaban J connectivity index is 1.72. The van der Waals surface area contributed by atoms with Gasteiger partial charge in [-0.2, -0.15) is 0 Å². The summed E-state index contributed by atoms with van der Waals surface area (Å²) in [5.74, 6) is -0.156. The summed E-state index contributed by atoms with van der Waals surface area (Å²) in [7, 11) is 0. The quantitative estimate of drug-likeness (QED) is 0.638. The minimum absolute atomic E-state index is 0.0204. The largest absolute Gasteiger partial charge is 0.330 e. The van der Waals surface area contributed by atoms with Crippen molar-refractivity contribution < 1.29 is 9.59 Å². The smallest absolute Gasteiger partial charge is 0.256 e. The van der Waals surface area contributed by atoms with Crippen LogP contribution >= 0.6 is 0 Å².